The van der Waals surface area contributed by atoms with Gasteiger partial charge in [-0.15, -0.1) is 11.6 Å². The molecule has 0 atom stereocenters. The van der Waals surface area contributed by atoms with Gasteiger partial charge in [-0.3, -0.25) is 0 Å². The fourth-order valence-corrected chi connectivity index (χ4v) is 1.11. The summed E-state index contributed by atoms with van der Waals surface area (Å²) in [6.45, 7) is 0.219. The van der Waals surface area contributed by atoms with Gasteiger partial charge >= 0.3 is 0 Å². The summed E-state index contributed by atoms with van der Waals surface area (Å²) in [4.78, 5) is 0. The van der Waals surface area contributed by atoms with Gasteiger partial charge < -0.3 is 5.11 Å². The van der Waals surface area contributed by atoms with E-state index in [1.54, 1.807) is 0 Å². The van der Waals surface area contributed by atoms with Gasteiger partial charge in [0.2, 0.25) is 10.0 Å². The Morgan fingerprint density at radius 2 is 2.10 bits per heavy atom. The molecule has 4 nitrogen and oxygen atoms in total. The van der Waals surface area contributed by atoms with Crippen molar-refractivity contribution in [1.82, 2.24) is 4.72 Å². The van der Waals surface area contributed by atoms with E-state index in [-0.39, 0.29) is 13.2 Å². The minimum absolute atomic E-state index is 0.0230. The van der Waals surface area contributed by atoms with Crippen LogP contribution in [0, 0.1) is 0 Å². The zero-order valence-electron chi connectivity index (χ0n) is 5.38. The normalized spacial score (nSPS) is 11.8. The number of aliphatic hydroxyl groups excluding tert-OH is 1. The molecule has 0 radical (unpaired) electrons. The highest BCUT2D eigenvalue weighted by Crippen LogP contribution is 1.87. The summed E-state index contributed by atoms with van der Waals surface area (Å²) >= 11 is 5.06. The molecule has 0 saturated carbocycles. The van der Waals surface area contributed by atoms with Crippen molar-refractivity contribution >= 4 is 21.6 Å². The van der Waals surface area contributed by atoms with Crippen molar-refractivity contribution in [1.29, 1.82) is 0 Å². The molecule has 0 aliphatic heterocycles. The second-order valence-electron chi connectivity index (χ2n) is 1.70. The number of hydrogen-bond acceptors (Lipinski definition) is 3. The molecule has 0 aromatic rings. The van der Waals surface area contributed by atoms with Crippen molar-refractivity contribution in [2.75, 3.05) is 18.4 Å². The van der Waals surface area contributed by atoms with Gasteiger partial charge in [0.05, 0.1) is 0 Å². The largest absolute Gasteiger partial charge is 0.396 e. The van der Waals surface area contributed by atoms with Gasteiger partial charge in [0, 0.05) is 13.2 Å². The van der Waals surface area contributed by atoms with Crippen LogP contribution in [0.25, 0.3) is 0 Å². The minimum Gasteiger partial charge on any atom is -0.396 e. The smallest absolute Gasteiger partial charge is 0.225 e. The van der Waals surface area contributed by atoms with E-state index in [1.165, 1.54) is 0 Å². The van der Waals surface area contributed by atoms with Crippen molar-refractivity contribution in [2.45, 2.75) is 6.42 Å². The molecule has 0 aromatic heterocycles. The van der Waals surface area contributed by atoms with E-state index in [1.807, 2.05) is 0 Å². The maximum atomic E-state index is 10.5. The number of nitrogens with one attached hydrogen (secondary N) is 1. The average Bonchev–Trinajstić information content (AvgIpc) is 1.89. The molecule has 0 amide bonds. The van der Waals surface area contributed by atoms with Gasteiger partial charge in [-0.1, -0.05) is 0 Å². The number of rotatable bonds is 5. The Morgan fingerprint density at radius 1 is 1.50 bits per heavy atom. The molecule has 0 aliphatic carbocycles. The molecule has 0 bridgehead atoms. The molecule has 0 aromatic carbocycles. The van der Waals surface area contributed by atoms with Crippen LogP contribution < -0.4 is 4.72 Å². The SMILES string of the molecule is O=S(=O)(CCl)NCCCO. The first-order valence-electron chi connectivity index (χ1n) is 2.76. The fraction of sp³-hybridized carbons (Fsp3) is 1.00. The number of aliphatic hydroxyl groups is 1. The first kappa shape index (κ1) is 10.2. The van der Waals surface area contributed by atoms with Gasteiger partial charge in [0.15, 0.2) is 0 Å². The summed E-state index contributed by atoms with van der Waals surface area (Å²) in [5, 5.41) is 7.84. The predicted molar refractivity (Wildman–Crippen MR) is 39.3 cm³/mol. The van der Waals surface area contributed by atoms with Crippen LogP contribution in [0.15, 0.2) is 0 Å². The topological polar surface area (TPSA) is 66.4 Å². The Bertz CT molecular complexity index is 167. The highest BCUT2D eigenvalue weighted by atomic mass is 35.5. The Hall–Kier alpha value is 0.160. The maximum absolute atomic E-state index is 10.5. The quantitative estimate of drug-likeness (QED) is 0.450. The van der Waals surface area contributed by atoms with Gasteiger partial charge in [-0.2, -0.15) is 0 Å². The summed E-state index contributed by atoms with van der Waals surface area (Å²) in [6.07, 6.45) is 0.413. The molecule has 2 N–H and O–H groups in total. The van der Waals surface area contributed by atoms with E-state index in [4.69, 9.17) is 16.7 Å². The molecular weight excluding hydrogens is 178 g/mol. The van der Waals surface area contributed by atoms with E-state index in [0.29, 0.717) is 6.42 Å². The van der Waals surface area contributed by atoms with Crippen LogP contribution in [0.4, 0.5) is 0 Å². The average molecular weight is 188 g/mol. The molecule has 0 spiro atoms. The summed E-state index contributed by atoms with van der Waals surface area (Å²) in [5.41, 5.74) is 0. The van der Waals surface area contributed by atoms with Gasteiger partial charge in [-0.25, -0.2) is 13.1 Å². The highest BCUT2D eigenvalue weighted by molar-refractivity contribution is 7.90. The van der Waals surface area contributed by atoms with Crippen LogP contribution in [0.1, 0.15) is 6.42 Å². The number of halogens is 1. The molecule has 0 heterocycles. The molecule has 0 saturated heterocycles. The lowest BCUT2D eigenvalue weighted by Gasteiger charge is -1.99. The molecule has 0 unspecified atom stereocenters. The summed E-state index contributed by atoms with van der Waals surface area (Å²) in [5.74, 6) is 0. The first-order valence-corrected chi connectivity index (χ1v) is 4.95. The van der Waals surface area contributed by atoms with Crippen molar-refractivity contribution in [3.05, 3.63) is 0 Å². The van der Waals surface area contributed by atoms with Crippen molar-refractivity contribution in [3.63, 3.8) is 0 Å². The van der Waals surface area contributed by atoms with Crippen molar-refractivity contribution < 1.29 is 13.5 Å². The summed E-state index contributed by atoms with van der Waals surface area (Å²) < 4.78 is 23.3. The van der Waals surface area contributed by atoms with E-state index < -0.39 is 15.2 Å². The first-order chi connectivity index (χ1) is 4.62. The summed E-state index contributed by atoms with van der Waals surface area (Å²) in [6, 6.07) is 0. The van der Waals surface area contributed by atoms with Gasteiger partial charge in [0.25, 0.3) is 0 Å². The van der Waals surface area contributed by atoms with Gasteiger partial charge in [0.1, 0.15) is 5.21 Å². The zero-order valence-corrected chi connectivity index (χ0v) is 6.95. The van der Waals surface area contributed by atoms with Crippen LogP contribution in [-0.2, 0) is 10.0 Å². The third-order valence-electron chi connectivity index (χ3n) is 0.801. The molecule has 0 aliphatic rings. The van der Waals surface area contributed by atoms with E-state index in [0.717, 1.165) is 0 Å². The number of alkyl halides is 1. The van der Waals surface area contributed by atoms with Crippen LogP contribution in [0.3, 0.4) is 0 Å². The minimum atomic E-state index is -3.29. The van der Waals surface area contributed by atoms with Crippen molar-refractivity contribution in [3.8, 4) is 0 Å². The second-order valence-corrected chi connectivity index (χ2v) is 4.09. The second kappa shape index (κ2) is 4.90. The van der Waals surface area contributed by atoms with E-state index >= 15 is 0 Å². The third kappa shape index (κ3) is 4.99. The Kier molecular flexibility index (Phi) is 4.98. The van der Waals surface area contributed by atoms with Crippen LogP contribution in [0.5, 0.6) is 0 Å². The Labute approximate surface area is 65.2 Å². The van der Waals surface area contributed by atoms with Crippen LogP contribution >= 0.6 is 11.6 Å². The summed E-state index contributed by atoms with van der Waals surface area (Å²) in [7, 11) is -3.29. The standard InChI is InChI=1S/C4H10ClNO3S/c5-4-10(8,9)6-2-1-3-7/h6-7H,1-4H2. The zero-order chi connectivity index (χ0) is 8.04. The Morgan fingerprint density at radius 3 is 2.50 bits per heavy atom. The molecular formula is C4H10ClNO3S. The number of hydrogen-bond donors (Lipinski definition) is 2. The number of sulfonamides is 1. The fourth-order valence-electron chi connectivity index (χ4n) is 0.345. The lowest BCUT2D eigenvalue weighted by molar-refractivity contribution is 0.289. The highest BCUT2D eigenvalue weighted by Gasteiger charge is 2.04. The maximum Gasteiger partial charge on any atom is 0.225 e. The molecule has 0 rings (SSSR count). The molecule has 62 valence electrons. The van der Waals surface area contributed by atoms with E-state index in [2.05, 4.69) is 4.72 Å². The van der Waals surface area contributed by atoms with Gasteiger partial charge in [-0.05, 0) is 6.42 Å². The molecule has 10 heavy (non-hydrogen) atoms. The Balaban J connectivity index is 3.49. The monoisotopic (exact) mass is 187 g/mol. The van der Waals surface area contributed by atoms with E-state index in [9.17, 15) is 8.42 Å². The third-order valence-corrected chi connectivity index (χ3v) is 2.59. The lowest BCUT2D eigenvalue weighted by Crippen LogP contribution is -2.25. The van der Waals surface area contributed by atoms with Crippen molar-refractivity contribution in [2.24, 2.45) is 0 Å². The predicted octanol–water partition coefficient (Wildman–Crippen LogP) is -0.515. The van der Waals surface area contributed by atoms with Crippen LogP contribution in [-0.4, -0.2) is 31.9 Å². The molecule has 6 heteroatoms. The lowest BCUT2D eigenvalue weighted by atomic mass is 10.5. The molecule has 0 fully saturated rings. The van der Waals surface area contributed by atoms with Crippen LogP contribution in [0.2, 0.25) is 0 Å².